The molecule has 1 aliphatic rings. The summed E-state index contributed by atoms with van der Waals surface area (Å²) < 4.78 is 10.7. The van der Waals surface area contributed by atoms with Gasteiger partial charge in [0, 0.05) is 38.2 Å². The van der Waals surface area contributed by atoms with E-state index in [1.165, 1.54) is 30.5 Å². The number of ether oxygens (including phenoxy) is 2. The van der Waals surface area contributed by atoms with E-state index in [2.05, 4.69) is 9.97 Å². The number of benzene rings is 2. The Labute approximate surface area is 190 Å². The number of nitrogens with two attached hydrogens (primary N) is 1. The third-order valence-electron chi connectivity index (χ3n) is 5.51. The molecule has 1 aromatic heterocycles. The zero-order valence-electron chi connectivity index (χ0n) is 18.2. The van der Waals surface area contributed by atoms with Crippen molar-refractivity contribution in [1.82, 2.24) is 19.8 Å². The molecule has 1 aliphatic heterocycles. The summed E-state index contributed by atoms with van der Waals surface area (Å²) in [5, 5.41) is 10.3. The Kier molecular flexibility index (Phi) is 6.55. The number of amides is 2. The minimum absolute atomic E-state index is 0.0452. The van der Waals surface area contributed by atoms with Gasteiger partial charge in [0.15, 0.2) is 6.61 Å². The second-order valence-electron chi connectivity index (χ2n) is 7.71. The lowest BCUT2D eigenvalue weighted by Gasteiger charge is -2.40. The molecule has 3 aromatic rings. The molecule has 1 saturated heterocycles. The Morgan fingerprint density at radius 3 is 2.85 bits per heavy atom. The summed E-state index contributed by atoms with van der Waals surface area (Å²) in [6.07, 6.45) is 1.41. The minimum atomic E-state index is -0.748. The molecule has 0 aliphatic carbocycles. The molecule has 0 spiro atoms. The molecule has 2 aromatic carbocycles. The summed E-state index contributed by atoms with van der Waals surface area (Å²) >= 11 is 0. The highest BCUT2D eigenvalue weighted by molar-refractivity contribution is 5.90. The van der Waals surface area contributed by atoms with Crippen LogP contribution in [-0.4, -0.2) is 76.1 Å². The predicted molar refractivity (Wildman–Crippen MR) is 120 cm³/mol. The van der Waals surface area contributed by atoms with Crippen LogP contribution in [0.5, 0.6) is 11.5 Å². The van der Waals surface area contributed by atoms with Crippen LogP contribution in [0.3, 0.4) is 0 Å². The molecular weight excluding hydrogens is 426 g/mol. The molecule has 4 rings (SSSR count). The van der Waals surface area contributed by atoms with Gasteiger partial charge in [-0.1, -0.05) is 12.1 Å². The van der Waals surface area contributed by atoms with Crippen LogP contribution in [0.1, 0.15) is 5.56 Å². The molecule has 33 heavy (non-hydrogen) atoms. The van der Waals surface area contributed by atoms with E-state index in [4.69, 9.17) is 15.2 Å². The number of aromatic nitrogens is 2. The first-order valence-electron chi connectivity index (χ1n) is 10.4. The van der Waals surface area contributed by atoms with Crippen LogP contribution in [0.4, 0.5) is 5.82 Å². The number of phenolic OH excluding ortho intramolecular Hbond substituents is 1. The van der Waals surface area contributed by atoms with Crippen LogP contribution in [-0.2, 0) is 20.9 Å². The number of rotatable bonds is 7. The van der Waals surface area contributed by atoms with E-state index in [1.54, 1.807) is 17.0 Å². The molecule has 0 radical (unpaired) electrons. The first kappa shape index (κ1) is 22.3. The standard InChI is InChI=1S/C23H25N5O5/c1-32-12-20-23(31)27(11-15-5-6-18-19(9-15)25-14-26-22(18)24)7-8-28(20)21(30)13-33-17-4-2-3-16(29)10-17/h2-6,9-10,14,20,29H,7-8,11-13H2,1H3,(H2,24,25,26)/t20-/m0/s1. The first-order chi connectivity index (χ1) is 16.0. The van der Waals surface area contributed by atoms with Crippen LogP contribution < -0.4 is 10.5 Å². The number of carbonyl (C=O) groups is 2. The molecule has 0 saturated carbocycles. The predicted octanol–water partition coefficient (Wildman–Crippen LogP) is 1.18. The van der Waals surface area contributed by atoms with Gasteiger partial charge in [-0.3, -0.25) is 9.59 Å². The quantitative estimate of drug-likeness (QED) is 0.548. The van der Waals surface area contributed by atoms with Crippen LogP contribution in [0.25, 0.3) is 10.9 Å². The number of hydrogen-bond donors (Lipinski definition) is 2. The number of carbonyl (C=O) groups excluding carboxylic acids is 2. The van der Waals surface area contributed by atoms with Crippen LogP contribution in [0.2, 0.25) is 0 Å². The van der Waals surface area contributed by atoms with Crippen molar-refractivity contribution in [2.75, 3.05) is 39.1 Å². The molecule has 10 heteroatoms. The average molecular weight is 451 g/mol. The number of phenols is 1. The van der Waals surface area contributed by atoms with Crippen molar-refractivity contribution in [3.8, 4) is 11.5 Å². The number of piperazine rings is 1. The molecule has 10 nitrogen and oxygen atoms in total. The number of aromatic hydroxyl groups is 1. The second kappa shape index (κ2) is 9.70. The fourth-order valence-electron chi connectivity index (χ4n) is 3.86. The number of fused-ring (bicyclic) bond motifs is 1. The summed E-state index contributed by atoms with van der Waals surface area (Å²) in [6.45, 7) is 0.934. The van der Waals surface area contributed by atoms with E-state index in [9.17, 15) is 14.7 Å². The Balaban J connectivity index is 1.44. The third-order valence-corrected chi connectivity index (χ3v) is 5.51. The van der Waals surface area contributed by atoms with Crippen molar-refractivity contribution in [2.24, 2.45) is 0 Å². The monoisotopic (exact) mass is 451 g/mol. The van der Waals surface area contributed by atoms with Gasteiger partial charge in [-0.2, -0.15) is 0 Å². The Morgan fingerprint density at radius 2 is 2.06 bits per heavy atom. The SMILES string of the molecule is COC[C@H]1C(=O)N(Cc2ccc3c(N)ncnc3c2)CCN1C(=O)COc1cccc(O)c1. The maximum Gasteiger partial charge on any atom is 0.261 e. The van der Waals surface area contributed by atoms with E-state index >= 15 is 0 Å². The molecule has 1 atom stereocenters. The van der Waals surface area contributed by atoms with Gasteiger partial charge in [0.05, 0.1) is 12.1 Å². The topological polar surface area (TPSA) is 131 Å². The van der Waals surface area contributed by atoms with Crippen molar-refractivity contribution in [2.45, 2.75) is 12.6 Å². The lowest BCUT2D eigenvalue weighted by Crippen LogP contribution is -2.60. The van der Waals surface area contributed by atoms with Gasteiger partial charge >= 0.3 is 0 Å². The highest BCUT2D eigenvalue weighted by atomic mass is 16.5. The zero-order valence-corrected chi connectivity index (χ0v) is 18.2. The molecule has 1 fully saturated rings. The lowest BCUT2D eigenvalue weighted by molar-refractivity contribution is -0.155. The fraction of sp³-hybridized carbons (Fsp3) is 0.304. The Bertz CT molecular complexity index is 1170. The van der Waals surface area contributed by atoms with Crippen molar-refractivity contribution < 1.29 is 24.2 Å². The van der Waals surface area contributed by atoms with E-state index in [1.807, 2.05) is 18.2 Å². The summed E-state index contributed by atoms with van der Waals surface area (Å²) in [7, 11) is 1.49. The zero-order chi connectivity index (χ0) is 23.4. The van der Waals surface area contributed by atoms with Crippen molar-refractivity contribution in [3.63, 3.8) is 0 Å². The number of hydrogen-bond acceptors (Lipinski definition) is 8. The summed E-state index contributed by atoms with van der Waals surface area (Å²) in [5.41, 5.74) is 7.49. The van der Waals surface area contributed by atoms with Crippen molar-refractivity contribution in [1.29, 1.82) is 0 Å². The maximum absolute atomic E-state index is 13.2. The smallest absolute Gasteiger partial charge is 0.261 e. The van der Waals surface area contributed by atoms with E-state index < -0.39 is 6.04 Å². The molecule has 2 heterocycles. The van der Waals surface area contributed by atoms with Crippen LogP contribution in [0, 0.1) is 0 Å². The van der Waals surface area contributed by atoms with Crippen molar-refractivity contribution in [3.05, 3.63) is 54.4 Å². The van der Waals surface area contributed by atoms with E-state index in [-0.39, 0.29) is 30.8 Å². The number of methoxy groups -OCH3 is 1. The van der Waals surface area contributed by atoms with Gasteiger partial charge in [0.1, 0.15) is 29.7 Å². The number of nitrogen functional groups attached to an aromatic ring is 1. The molecule has 3 N–H and O–H groups in total. The molecule has 0 unspecified atom stereocenters. The van der Waals surface area contributed by atoms with Crippen molar-refractivity contribution >= 4 is 28.5 Å². The normalized spacial score (nSPS) is 16.3. The van der Waals surface area contributed by atoms with Gasteiger partial charge in [-0.25, -0.2) is 9.97 Å². The maximum atomic E-state index is 13.2. The van der Waals surface area contributed by atoms with Gasteiger partial charge in [0.2, 0.25) is 5.91 Å². The molecule has 0 bridgehead atoms. The highest BCUT2D eigenvalue weighted by Gasteiger charge is 2.37. The summed E-state index contributed by atoms with van der Waals surface area (Å²) in [6, 6.07) is 11.1. The highest BCUT2D eigenvalue weighted by Crippen LogP contribution is 2.22. The summed E-state index contributed by atoms with van der Waals surface area (Å²) in [4.78, 5) is 37.4. The lowest BCUT2D eigenvalue weighted by atomic mass is 10.1. The first-order valence-corrected chi connectivity index (χ1v) is 10.4. The van der Waals surface area contributed by atoms with Crippen LogP contribution in [0.15, 0.2) is 48.8 Å². The van der Waals surface area contributed by atoms with E-state index in [0.717, 1.165) is 10.9 Å². The van der Waals surface area contributed by atoms with Gasteiger partial charge in [-0.05, 0) is 29.8 Å². The Hall–Kier alpha value is -3.92. The van der Waals surface area contributed by atoms with E-state index in [0.29, 0.717) is 36.7 Å². The van der Waals surface area contributed by atoms with Gasteiger partial charge < -0.3 is 30.1 Å². The third kappa shape index (κ3) is 4.96. The van der Waals surface area contributed by atoms with Gasteiger partial charge in [-0.15, -0.1) is 0 Å². The average Bonchev–Trinajstić information content (AvgIpc) is 2.80. The molecular formula is C23H25N5O5. The van der Waals surface area contributed by atoms with Gasteiger partial charge in [0.25, 0.3) is 5.91 Å². The van der Waals surface area contributed by atoms with Crippen LogP contribution >= 0.6 is 0 Å². The number of nitrogens with zero attached hydrogens (tertiary/aromatic N) is 4. The minimum Gasteiger partial charge on any atom is -0.508 e. The second-order valence-corrected chi connectivity index (χ2v) is 7.71. The Morgan fingerprint density at radius 1 is 1.21 bits per heavy atom. The summed E-state index contributed by atoms with van der Waals surface area (Å²) in [5.74, 6) is 0.298. The molecule has 172 valence electrons. The largest absolute Gasteiger partial charge is 0.508 e. The number of anilines is 1. The fourth-order valence-corrected chi connectivity index (χ4v) is 3.86. The molecule has 2 amide bonds.